The third kappa shape index (κ3) is 7.16. The van der Waals surface area contributed by atoms with E-state index >= 15 is 0 Å². The molecule has 0 saturated heterocycles. The maximum Gasteiger partial charge on any atom is 0.191 e. The molecule has 1 aromatic heterocycles. The van der Waals surface area contributed by atoms with E-state index in [1.54, 1.807) is 13.2 Å². The topological polar surface area (TPSA) is 58.5 Å². The normalized spacial score (nSPS) is 10.7. The first-order valence-electron chi connectivity index (χ1n) is 7.88. The van der Waals surface area contributed by atoms with Gasteiger partial charge in [0.05, 0.1) is 18.8 Å². The Balaban J connectivity index is 0.00000288. The van der Waals surface area contributed by atoms with E-state index < -0.39 is 0 Å². The molecule has 2 N–H and O–H groups in total. The molecule has 24 heavy (non-hydrogen) atoms. The fourth-order valence-electron chi connectivity index (χ4n) is 2.05. The Labute approximate surface area is 161 Å². The highest BCUT2D eigenvalue weighted by atomic mass is 127. The highest BCUT2D eigenvalue weighted by Gasteiger charge is 2.01. The molecule has 0 bridgehead atoms. The van der Waals surface area contributed by atoms with E-state index in [9.17, 15) is 0 Å². The summed E-state index contributed by atoms with van der Waals surface area (Å²) in [7, 11) is 1.76. The Kier molecular flexibility index (Phi) is 9.83. The van der Waals surface area contributed by atoms with Gasteiger partial charge in [0, 0.05) is 19.8 Å². The van der Waals surface area contributed by atoms with Gasteiger partial charge in [-0.15, -0.1) is 24.0 Å². The second-order valence-electron chi connectivity index (χ2n) is 5.10. The number of halogens is 1. The van der Waals surface area contributed by atoms with Gasteiger partial charge in [-0.2, -0.15) is 0 Å². The summed E-state index contributed by atoms with van der Waals surface area (Å²) in [4.78, 5) is 8.51. The highest BCUT2D eigenvalue weighted by Crippen LogP contribution is 2.13. The quantitative estimate of drug-likeness (QED) is 0.394. The van der Waals surface area contributed by atoms with Crippen molar-refractivity contribution >= 4 is 29.9 Å². The fourth-order valence-corrected chi connectivity index (χ4v) is 2.05. The van der Waals surface area contributed by atoms with Crippen molar-refractivity contribution in [3.05, 3.63) is 59.9 Å². The monoisotopic (exact) mass is 440 g/mol. The van der Waals surface area contributed by atoms with Crippen LogP contribution in [-0.2, 0) is 13.1 Å². The Morgan fingerprint density at radius 1 is 1.12 bits per heavy atom. The summed E-state index contributed by atoms with van der Waals surface area (Å²) in [5, 5.41) is 6.54. The first kappa shape index (κ1) is 20.2. The summed E-state index contributed by atoms with van der Waals surface area (Å²) in [6.45, 7) is 4.16. The largest absolute Gasteiger partial charge is 0.494 e. The van der Waals surface area contributed by atoms with Crippen LogP contribution < -0.4 is 15.4 Å². The number of guanidine groups is 1. The molecular weight excluding hydrogens is 415 g/mol. The van der Waals surface area contributed by atoms with Crippen LogP contribution >= 0.6 is 24.0 Å². The molecule has 0 radical (unpaired) electrons. The Bertz CT molecular complexity index is 619. The zero-order valence-corrected chi connectivity index (χ0v) is 16.5. The summed E-state index contributed by atoms with van der Waals surface area (Å²) < 4.78 is 5.65. The van der Waals surface area contributed by atoms with Gasteiger partial charge in [0.1, 0.15) is 5.75 Å². The fraction of sp³-hybridized carbons (Fsp3) is 0.333. The number of rotatable bonds is 7. The van der Waals surface area contributed by atoms with Crippen molar-refractivity contribution in [2.24, 2.45) is 4.99 Å². The molecule has 1 heterocycles. The number of hydrogen-bond acceptors (Lipinski definition) is 3. The first-order valence-corrected chi connectivity index (χ1v) is 7.88. The highest BCUT2D eigenvalue weighted by molar-refractivity contribution is 14.0. The minimum Gasteiger partial charge on any atom is -0.494 e. The summed E-state index contributed by atoms with van der Waals surface area (Å²) in [5.74, 6) is 1.65. The van der Waals surface area contributed by atoms with Crippen molar-refractivity contribution in [3.63, 3.8) is 0 Å². The van der Waals surface area contributed by atoms with Crippen LogP contribution in [0, 0.1) is 0 Å². The molecule has 0 fully saturated rings. The van der Waals surface area contributed by atoms with Crippen LogP contribution in [0.5, 0.6) is 5.75 Å². The molecule has 0 aliphatic heterocycles. The molecule has 130 valence electrons. The van der Waals surface area contributed by atoms with Gasteiger partial charge in [-0.1, -0.05) is 25.1 Å². The van der Waals surface area contributed by atoms with E-state index in [0.29, 0.717) is 13.1 Å². The summed E-state index contributed by atoms with van der Waals surface area (Å²) >= 11 is 0. The van der Waals surface area contributed by atoms with Gasteiger partial charge in [-0.3, -0.25) is 9.98 Å². The zero-order valence-electron chi connectivity index (χ0n) is 14.2. The molecule has 6 heteroatoms. The van der Waals surface area contributed by atoms with Gasteiger partial charge in [0.25, 0.3) is 0 Å². The molecule has 0 aliphatic carbocycles. The smallest absolute Gasteiger partial charge is 0.191 e. The number of nitrogens with one attached hydrogen (secondary N) is 2. The third-order valence-corrected chi connectivity index (χ3v) is 3.22. The number of pyridine rings is 1. The van der Waals surface area contributed by atoms with Crippen LogP contribution in [0.3, 0.4) is 0 Å². The minimum absolute atomic E-state index is 0. The first-order chi connectivity index (χ1) is 11.3. The van der Waals surface area contributed by atoms with Crippen LogP contribution in [0.1, 0.15) is 24.6 Å². The molecule has 0 saturated carbocycles. The Morgan fingerprint density at radius 3 is 2.67 bits per heavy atom. The molecule has 0 unspecified atom stereocenters. The van der Waals surface area contributed by atoms with Crippen LogP contribution in [0.25, 0.3) is 0 Å². The number of hydrogen-bond donors (Lipinski definition) is 2. The lowest BCUT2D eigenvalue weighted by Gasteiger charge is -2.12. The van der Waals surface area contributed by atoms with Gasteiger partial charge in [-0.25, -0.2) is 0 Å². The maximum atomic E-state index is 5.65. The molecule has 0 atom stereocenters. The predicted molar refractivity (Wildman–Crippen MR) is 109 cm³/mol. The summed E-state index contributed by atoms with van der Waals surface area (Å²) in [5.41, 5.74) is 2.13. The third-order valence-electron chi connectivity index (χ3n) is 3.22. The van der Waals surface area contributed by atoms with E-state index in [4.69, 9.17) is 4.74 Å². The van der Waals surface area contributed by atoms with Crippen LogP contribution in [-0.4, -0.2) is 24.6 Å². The van der Waals surface area contributed by atoms with Crippen molar-refractivity contribution in [3.8, 4) is 5.75 Å². The molecule has 2 aromatic rings. The Morgan fingerprint density at radius 2 is 1.96 bits per heavy atom. The van der Waals surface area contributed by atoms with Crippen LogP contribution in [0.15, 0.2) is 53.7 Å². The summed E-state index contributed by atoms with van der Waals surface area (Å²) in [6.07, 6.45) is 2.79. The second-order valence-corrected chi connectivity index (χ2v) is 5.10. The van der Waals surface area contributed by atoms with E-state index in [1.165, 1.54) is 0 Å². The van der Waals surface area contributed by atoms with Crippen molar-refractivity contribution in [1.29, 1.82) is 0 Å². The van der Waals surface area contributed by atoms with Gasteiger partial charge >= 0.3 is 0 Å². The molecule has 0 amide bonds. The zero-order chi connectivity index (χ0) is 16.3. The minimum atomic E-state index is 0. The average Bonchev–Trinajstić information content (AvgIpc) is 2.61. The molecule has 2 rings (SSSR count). The number of ether oxygens (including phenoxy) is 1. The van der Waals surface area contributed by atoms with E-state index in [2.05, 4.69) is 39.7 Å². The van der Waals surface area contributed by atoms with Crippen LogP contribution in [0.4, 0.5) is 0 Å². The average molecular weight is 440 g/mol. The lowest BCUT2D eigenvalue weighted by molar-refractivity contribution is 0.317. The van der Waals surface area contributed by atoms with Gasteiger partial charge in [0.15, 0.2) is 5.96 Å². The molecule has 0 spiro atoms. The SMILES string of the molecule is CCCOc1cccc(CNC(=NC)NCc2ccccn2)c1.I. The maximum absolute atomic E-state index is 5.65. The van der Waals surface area contributed by atoms with E-state index in [1.807, 2.05) is 30.3 Å². The number of aliphatic imine (C=N–C) groups is 1. The van der Waals surface area contributed by atoms with E-state index in [0.717, 1.165) is 36.0 Å². The van der Waals surface area contributed by atoms with Crippen molar-refractivity contribution < 1.29 is 4.74 Å². The predicted octanol–water partition coefficient (Wildman–Crippen LogP) is 3.35. The van der Waals surface area contributed by atoms with Crippen molar-refractivity contribution in [1.82, 2.24) is 15.6 Å². The molecule has 0 aliphatic rings. The standard InChI is InChI=1S/C18H24N4O.HI/c1-3-11-23-17-9-6-7-15(12-17)13-21-18(19-2)22-14-16-8-4-5-10-20-16;/h4-10,12H,3,11,13-14H2,1-2H3,(H2,19,21,22);1H. The lowest BCUT2D eigenvalue weighted by atomic mass is 10.2. The van der Waals surface area contributed by atoms with Crippen molar-refractivity contribution in [2.75, 3.05) is 13.7 Å². The number of aromatic nitrogens is 1. The molecular formula is C18H25IN4O. The summed E-state index contributed by atoms with van der Waals surface area (Å²) in [6, 6.07) is 14.0. The van der Waals surface area contributed by atoms with Crippen LogP contribution in [0.2, 0.25) is 0 Å². The molecule has 1 aromatic carbocycles. The number of benzene rings is 1. The van der Waals surface area contributed by atoms with Crippen molar-refractivity contribution in [2.45, 2.75) is 26.4 Å². The Hall–Kier alpha value is -1.83. The van der Waals surface area contributed by atoms with Gasteiger partial charge in [0.2, 0.25) is 0 Å². The van der Waals surface area contributed by atoms with E-state index in [-0.39, 0.29) is 24.0 Å². The van der Waals surface area contributed by atoms with Gasteiger partial charge < -0.3 is 15.4 Å². The lowest BCUT2D eigenvalue weighted by Crippen LogP contribution is -2.36. The number of nitrogens with zero attached hydrogens (tertiary/aromatic N) is 2. The molecule has 5 nitrogen and oxygen atoms in total. The second kappa shape index (κ2) is 11.7. The van der Waals surface area contributed by atoms with Gasteiger partial charge in [-0.05, 0) is 36.2 Å².